The molecule has 0 aliphatic heterocycles. The molecule has 1 aromatic rings. The van der Waals surface area contributed by atoms with Gasteiger partial charge in [-0.1, -0.05) is 19.1 Å². The maximum Gasteiger partial charge on any atom is 0.0210 e. The Morgan fingerprint density at radius 1 is 1.19 bits per heavy atom. The summed E-state index contributed by atoms with van der Waals surface area (Å²) in [6.07, 6.45) is 3.25. The molecule has 92 valence electrons. The average Bonchev–Trinajstić information content (AvgIpc) is 2.27. The number of hydrogen-bond donors (Lipinski definition) is 1. The number of benzene rings is 1. The van der Waals surface area contributed by atoms with E-state index in [4.69, 9.17) is 0 Å². The molecule has 0 aliphatic carbocycles. The molecule has 1 aromatic carbocycles. The lowest BCUT2D eigenvalue weighted by atomic mass is 10.0. The highest BCUT2D eigenvalue weighted by atomic mass is 35.5. The predicted octanol–water partition coefficient (Wildman–Crippen LogP) is 4.11. The van der Waals surface area contributed by atoms with Crippen LogP contribution in [0, 0.1) is 0 Å². The normalized spacial score (nSPS) is 11.0. The van der Waals surface area contributed by atoms with Crippen molar-refractivity contribution in [2.45, 2.75) is 44.2 Å². The lowest BCUT2D eigenvalue weighted by molar-refractivity contribution is 0.374. The third kappa shape index (κ3) is 5.24. The topological polar surface area (TPSA) is 12.0 Å². The van der Waals surface area contributed by atoms with Gasteiger partial charge in [-0.3, -0.25) is 0 Å². The van der Waals surface area contributed by atoms with Crippen LogP contribution in [0.15, 0.2) is 29.2 Å². The van der Waals surface area contributed by atoms with E-state index in [1.54, 1.807) is 11.8 Å². The summed E-state index contributed by atoms with van der Waals surface area (Å²) in [5.41, 5.74) is 1.59. The van der Waals surface area contributed by atoms with Gasteiger partial charge in [-0.15, -0.1) is 24.2 Å². The Morgan fingerprint density at radius 2 is 1.75 bits per heavy atom. The first-order valence-corrected chi connectivity index (χ1v) is 6.68. The van der Waals surface area contributed by atoms with Gasteiger partial charge in [0.2, 0.25) is 0 Å². The van der Waals surface area contributed by atoms with Gasteiger partial charge in [0.05, 0.1) is 0 Å². The van der Waals surface area contributed by atoms with Crippen LogP contribution in [0.2, 0.25) is 0 Å². The summed E-state index contributed by atoms with van der Waals surface area (Å²) in [5.74, 6) is 0. The molecular weight excluding hydrogens is 238 g/mol. The van der Waals surface area contributed by atoms with E-state index in [0.717, 1.165) is 13.0 Å². The number of nitrogens with one attached hydrogen (secondary N) is 1. The second-order valence-corrected chi connectivity index (χ2v) is 5.32. The first-order chi connectivity index (χ1) is 7.07. The summed E-state index contributed by atoms with van der Waals surface area (Å²) < 4.78 is 0. The predicted molar refractivity (Wildman–Crippen MR) is 76.7 cm³/mol. The zero-order valence-corrected chi connectivity index (χ0v) is 12.2. The molecule has 0 unspecified atom stereocenters. The minimum atomic E-state index is 0. The van der Waals surface area contributed by atoms with Gasteiger partial charge >= 0.3 is 0 Å². The smallest absolute Gasteiger partial charge is 0.0210 e. The van der Waals surface area contributed by atoms with Crippen molar-refractivity contribution in [3.63, 3.8) is 0 Å². The van der Waals surface area contributed by atoms with E-state index in [-0.39, 0.29) is 17.9 Å². The molecule has 0 fully saturated rings. The highest BCUT2D eigenvalue weighted by Crippen LogP contribution is 2.15. The molecule has 3 heteroatoms. The molecule has 0 aliphatic rings. The number of rotatable bonds is 5. The van der Waals surface area contributed by atoms with Gasteiger partial charge in [-0.25, -0.2) is 0 Å². The summed E-state index contributed by atoms with van der Waals surface area (Å²) in [4.78, 5) is 1.33. The molecule has 0 amide bonds. The molecule has 0 saturated heterocycles. The number of hydrogen-bond acceptors (Lipinski definition) is 2. The van der Waals surface area contributed by atoms with Crippen LogP contribution in [-0.4, -0.2) is 11.8 Å². The van der Waals surface area contributed by atoms with Gasteiger partial charge in [0, 0.05) is 17.0 Å². The fourth-order valence-electron chi connectivity index (χ4n) is 1.21. The van der Waals surface area contributed by atoms with Crippen LogP contribution >= 0.6 is 24.2 Å². The molecular formula is C13H22ClNS. The number of halogens is 1. The van der Waals surface area contributed by atoms with Gasteiger partial charge in [-0.2, -0.15) is 0 Å². The first-order valence-electron chi connectivity index (χ1n) is 5.45. The van der Waals surface area contributed by atoms with Crippen LogP contribution < -0.4 is 5.32 Å². The van der Waals surface area contributed by atoms with Crippen molar-refractivity contribution in [2.24, 2.45) is 0 Å². The van der Waals surface area contributed by atoms with Crippen molar-refractivity contribution < 1.29 is 0 Å². The Bertz CT molecular complexity index is 295. The Hall–Kier alpha value is -0.180. The summed E-state index contributed by atoms with van der Waals surface area (Å²) in [6, 6.07) is 8.76. The molecule has 0 spiro atoms. The van der Waals surface area contributed by atoms with Crippen molar-refractivity contribution in [1.82, 2.24) is 5.32 Å². The van der Waals surface area contributed by atoms with Crippen molar-refractivity contribution in [1.29, 1.82) is 0 Å². The Labute approximate surface area is 110 Å². The molecule has 1 nitrogen and oxygen atoms in total. The van der Waals surface area contributed by atoms with Crippen LogP contribution in [0.5, 0.6) is 0 Å². The van der Waals surface area contributed by atoms with E-state index in [2.05, 4.69) is 56.6 Å². The highest BCUT2D eigenvalue weighted by Gasteiger charge is 2.12. The summed E-state index contributed by atoms with van der Waals surface area (Å²) in [7, 11) is 0. The SMILES string of the molecule is CCC(C)(C)NCc1ccc(SC)cc1.Cl. The lowest BCUT2D eigenvalue weighted by Gasteiger charge is -2.24. The molecule has 1 rings (SSSR count). The van der Waals surface area contributed by atoms with Crippen LogP contribution in [0.4, 0.5) is 0 Å². The summed E-state index contributed by atoms with van der Waals surface area (Å²) in [5, 5.41) is 3.56. The van der Waals surface area contributed by atoms with Crippen LogP contribution in [0.1, 0.15) is 32.8 Å². The quantitative estimate of drug-likeness (QED) is 0.799. The van der Waals surface area contributed by atoms with E-state index in [9.17, 15) is 0 Å². The van der Waals surface area contributed by atoms with Gasteiger partial charge in [0.25, 0.3) is 0 Å². The van der Waals surface area contributed by atoms with Gasteiger partial charge in [-0.05, 0) is 44.2 Å². The Kier molecular flexibility index (Phi) is 7.12. The van der Waals surface area contributed by atoms with Gasteiger partial charge in [0.15, 0.2) is 0 Å². The van der Waals surface area contributed by atoms with E-state index in [1.165, 1.54) is 10.5 Å². The Balaban J connectivity index is 0.00000225. The zero-order valence-electron chi connectivity index (χ0n) is 10.5. The maximum atomic E-state index is 3.56. The van der Waals surface area contributed by atoms with Gasteiger partial charge < -0.3 is 5.32 Å². The lowest BCUT2D eigenvalue weighted by Crippen LogP contribution is -2.37. The maximum absolute atomic E-state index is 3.56. The monoisotopic (exact) mass is 259 g/mol. The second kappa shape index (κ2) is 7.21. The Morgan fingerprint density at radius 3 is 2.19 bits per heavy atom. The zero-order chi connectivity index (χ0) is 11.3. The van der Waals surface area contributed by atoms with Gasteiger partial charge in [0.1, 0.15) is 0 Å². The van der Waals surface area contributed by atoms with Crippen LogP contribution in [0.3, 0.4) is 0 Å². The molecule has 1 N–H and O–H groups in total. The average molecular weight is 260 g/mol. The second-order valence-electron chi connectivity index (χ2n) is 4.44. The third-order valence-corrected chi connectivity index (χ3v) is 3.56. The molecule has 0 aromatic heterocycles. The van der Waals surface area contributed by atoms with Crippen LogP contribution in [0.25, 0.3) is 0 Å². The summed E-state index contributed by atoms with van der Waals surface area (Å²) >= 11 is 1.79. The van der Waals surface area contributed by atoms with E-state index in [1.807, 2.05) is 0 Å². The number of thioether (sulfide) groups is 1. The fraction of sp³-hybridized carbons (Fsp3) is 0.538. The first kappa shape index (κ1) is 15.8. The third-order valence-electron chi connectivity index (χ3n) is 2.81. The molecule has 0 radical (unpaired) electrons. The van der Waals surface area contributed by atoms with Crippen molar-refractivity contribution in [3.8, 4) is 0 Å². The molecule has 16 heavy (non-hydrogen) atoms. The molecule has 0 saturated carbocycles. The highest BCUT2D eigenvalue weighted by molar-refractivity contribution is 7.98. The van der Waals surface area contributed by atoms with E-state index >= 15 is 0 Å². The molecule has 0 heterocycles. The largest absolute Gasteiger partial charge is 0.308 e. The molecule has 0 atom stereocenters. The van der Waals surface area contributed by atoms with Crippen LogP contribution in [-0.2, 0) is 6.54 Å². The minimum absolute atomic E-state index is 0. The van der Waals surface area contributed by atoms with E-state index in [0.29, 0.717) is 0 Å². The van der Waals surface area contributed by atoms with Crippen molar-refractivity contribution >= 4 is 24.2 Å². The van der Waals surface area contributed by atoms with Crippen molar-refractivity contribution in [3.05, 3.63) is 29.8 Å². The minimum Gasteiger partial charge on any atom is -0.308 e. The fourth-order valence-corrected chi connectivity index (χ4v) is 1.62. The van der Waals surface area contributed by atoms with E-state index < -0.39 is 0 Å². The van der Waals surface area contributed by atoms with Crippen molar-refractivity contribution in [2.75, 3.05) is 6.26 Å². The molecule has 0 bridgehead atoms. The standard InChI is InChI=1S/C13H21NS.ClH/c1-5-13(2,3)14-10-11-6-8-12(15-4)9-7-11;/h6-9,14H,5,10H2,1-4H3;1H. The summed E-state index contributed by atoms with van der Waals surface area (Å²) in [6.45, 7) is 7.64.